The van der Waals surface area contributed by atoms with Crippen molar-refractivity contribution in [1.29, 1.82) is 0 Å². The first-order chi connectivity index (χ1) is 11.3. The lowest BCUT2D eigenvalue weighted by Gasteiger charge is -2.34. The molecule has 0 spiro atoms. The molecule has 4 nitrogen and oxygen atoms in total. The fraction of sp³-hybridized carbons (Fsp3) is 0.611. The Hall–Kier alpha value is -1.20. The molecule has 0 radical (unpaired) electrons. The number of anilines is 1. The van der Waals surface area contributed by atoms with Crippen LogP contribution in [0.15, 0.2) is 24.3 Å². The Labute approximate surface area is 143 Å². The van der Waals surface area contributed by atoms with Crippen molar-refractivity contribution in [2.75, 3.05) is 62.7 Å². The van der Waals surface area contributed by atoms with Crippen LogP contribution < -0.4 is 4.90 Å². The predicted octanol–water partition coefficient (Wildman–Crippen LogP) is 2.41. The van der Waals surface area contributed by atoms with E-state index in [2.05, 4.69) is 28.2 Å². The number of piperazine rings is 1. The van der Waals surface area contributed by atoms with E-state index in [-0.39, 0.29) is 5.91 Å². The van der Waals surface area contributed by atoms with Crippen LogP contribution >= 0.6 is 11.8 Å². The minimum absolute atomic E-state index is 0.183. The molecule has 0 atom stereocenters. The van der Waals surface area contributed by atoms with Crippen molar-refractivity contribution < 1.29 is 4.79 Å². The number of carbonyl (C=O) groups excluding carboxylic acids is 1. The smallest absolute Gasteiger partial charge is 0.253 e. The van der Waals surface area contributed by atoms with Gasteiger partial charge in [0.2, 0.25) is 0 Å². The highest BCUT2D eigenvalue weighted by molar-refractivity contribution is 7.98. The van der Waals surface area contributed by atoms with Crippen LogP contribution in [0.2, 0.25) is 0 Å². The second kappa shape index (κ2) is 8.06. The Bertz CT molecular complexity index is 506. The molecule has 1 amide bonds. The lowest BCUT2D eigenvalue weighted by molar-refractivity contribution is 0.0644. The molecule has 0 N–H and O–H groups in total. The zero-order valence-electron chi connectivity index (χ0n) is 14.0. The fourth-order valence-corrected chi connectivity index (χ4v) is 3.81. The summed E-state index contributed by atoms with van der Waals surface area (Å²) in [6, 6.07) is 8.20. The lowest BCUT2D eigenvalue weighted by Crippen LogP contribution is -2.49. The maximum Gasteiger partial charge on any atom is 0.253 e. The average molecular weight is 334 g/mol. The Morgan fingerprint density at radius 3 is 2.26 bits per heavy atom. The second-order valence-electron chi connectivity index (χ2n) is 6.37. The summed E-state index contributed by atoms with van der Waals surface area (Å²) >= 11 is 1.88. The van der Waals surface area contributed by atoms with Gasteiger partial charge >= 0.3 is 0 Å². The molecule has 2 heterocycles. The monoisotopic (exact) mass is 333 g/mol. The van der Waals surface area contributed by atoms with Crippen molar-refractivity contribution in [1.82, 2.24) is 9.80 Å². The largest absolute Gasteiger partial charge is 0.372 e. The molecule has 0 aliphatic carbocycles. The van der Waals surface area contributed by atoms with E-state index >= 15 is 0 Å². The first-order valence-electron chi connectivity index (χ1n) is 8.63. The summed E-state index contributed by atoms with van der Waals surface area (Å²) < 4.78 is 0. The third-order valence-electron chi connectivity index (χ3n) is 4.86. The van der Waals surface area contributed by atoms with E-state index in [9.17, 15) is 4.79 Å². The van der Waals surface area contributed by atoms with Gasteiger partial charge in [-0.2, -0.15) is 11.8 Å². The van der Waals surface area contributed by atoms with Crippen LogP contribution in [0.5, 0.6) is 0 Å². The molecular formula is C18H27N3OS. The van der Waals surface area contributed by atoms with Crippen molar-refractivity contribution in [3.63, 3.8) is 0 Å². The van der Waals surface area contributed by atoms with Gasteiger partial charge in [-0.05, 0) is 43.4 Å². The van der Waals surface area contributed by atoms with Gasteiger partial charge in [0.15, 0.2) is 0 Å². The van der Waals surface area contributed by atoms with Gasteiger partial charge in [-0.25, -0.2) is 0 Å². The van der Waals surface area contributed by atoms with E-state index in [1.54, 1.807) is 0 Å². The maximum absolute atomic E-state index is 12.6. The Morgan fingerprint density at radius 1 is 1.00 bits per heavy atom. The summed E-state index contributed by atoms with van der Waals surface area (Å²) in [5.41, 5.74) is 2.08. The molecular weight excluding hydrogens is 306 g/mol. The molecule has 1 aromatic carbocycles. The van der Waals surface area contributed by atoms with Crippen molar-refractivity contribution in [2.24, 2.45) is 0 Å². The molecule has 2 aliphatic heterocycles. The number of rotatable bonds is 5. The van der Waals surface area contributed by atoms with Crippen LogP contribution in [0, 0.1) is 0 Å². The molecule has 2 saturated heterocycles. The SMILES string of the molecule is CSCCN1CCN(C(=O)c2ccc(N3CCCC3)cc2)CC1. The van der Waals surface area contributed by atoms with Gasteiger partial charge in [0.05, 0.1) is 0 Å². The van der Waals surface area contributed by atoms with E-state index in [1.165, 1.54) is 24.3 Å². The molecule has 0 saturated carbocycles. The standard InChI is InChI=1S/C18H27N3OS/c1-23-15-14-19-10-12-21(13-11-19)18(22)16-4-6-17(7-5-16)20-8-2-3-9-20/h4-7H,2-3,8-15H2,1H3. The van der Waals surface area contributed by atoms with Crippen LogP contribution in [0.25, 0.3) is 0 Å². The Kier molecular flexibility index (Phi) is 5.84. The van der Waals surface area contributed by atoms with Gasteiger partial charge in [-0.1, -0.05) is 0 Å². The summed E-state index contributed by atoms with van der Waals surface area (Å²) in [5.74, 6) is 1.36. The average Bonchev–Trinajstić information content (AvgIpc) is 3.14. The van der Waals surface area contributed by atoms with Crippen LogP contribution in [0.4, 0.5) is 5.69 Å². The van der Waals surface area contributed by atoms with Gasteiger partial charge in [-0.3, -0.25) is 9.69 Å². The van der Waals surface area contributed by atoms with Crippen molar-refractivity contribution in [3.05, 3.63) is 29.8 Å². The van der Waals surface area contributed by atoms with Gasteiger partial charge in [0, 0.05) is 62.8 Å². The molecule has 5 heteroatoms. The number of carbonyl (C=O) groups is 1. The van der Waals surface area contributed by atoms with Gasteiger partial charge in [-0.15, -0.1) is 0 Å². The van der Waals surface area contributed by atoms with Gasteiger partial charge in [0.25, 0.3) is 5.91 Å². The van der Waals surface area contributed by atoms with Gasteiger partial charge in [0.1, 0.15) is 0 Å². The first-order valence-corrected chi connectivity index (χ1v) is 10.0. The lowest BCUT2D eigenvalue weighted by atomic mass is 10.1. The number of amides is 1. The van der Waals surface area contributed by atoms with Gasteiger partial charge < -0.3 is 9.80 Å². The van der Waals surface area contributed by atoms with Crippen LogP contribution in [0.1, 0.15) is 23.2 Å². The summed E-state index contributed by atoms with van der Waals surface area (Å²) in [5, 5.41) is 0. The number of benzene rings is 1. The van der Waals surface area contributed by atoms with E-state index < -0.39 is 0 Å². The van der Waals surface area contributed by atoms with Crippen molar-refractivity contribution >= 4 is 23.4 Å². The molecule has 126 valence electrons. The highest BCUT2D eigenvalue weighted by Gasteiger charge is 2.22. The number of nitrogens with zero attached hydrogens (tertiary/aromatic N) is 3. The summed E-state index contributed by atoms with van der Waals surface area (Å²) in [7, 11) is 0. The van der Waals surface area contributed by atoms with E-state index in [1.807, 2.05) is 28.8 Å². The number of hydrogen-bond donors (Lipinski definition) is 0. The topological polar surface area (TPSA) is 26.8 Å². The molecule has 0 unspecified atom stereocenters. The third kappa shape index (κ3) is 4.21. The molecule has 0 bridgehead atoms. The zero-order chi connectivity index (χ0) is 16.1. The summed E-state index contributed by atoms with van der Waals surface area (Å²) in [6.45, 7) is 7.11. The highest BCUT2D eigenvalue weighted by atomic mass is 32.2. The molecule has 1 aromatic rings. The summed E-state index contributed by atoms with van der Waals surface area (Å²) in [6.07, 6.45) is 4.70. The Balaban J connectivity index is 1.54. The zero-order valence-corrected chi connectivity index (χ0v) is 14.9. The summed E-state index contributed by atoms with van der Waals surface area (Å²) in [4.78, 5) is 19.5. The van der Waals surface area contributed by atoms with Crippen LogP contribution in [-0.2, 0) is 0 Å². The molecule has 2 aliphatic rings. The maximum atomic E-state index is 12.6. The third-order valence-corrected chi connectivity index (χ3v) is 5.45. The quantitative estimate of drug-likeness (QED) is 0.827. The molecule has 3 rings (SSSR count). The minimum atomic E-state index is 0.183. The fourth-order valence-electron chi connectivity index (χ4n) is 3.37. The normalized spacial score (nSPS) is 19.3. The predicted molar refractivity (Wildman–Crippen MR) is 98.6 cm³/mol. The van der Waals surface area contributed by atoms with E-state index in [4.69, 9.17) is 0 Å². The molecule has 23 heavy (non-hydrogen) atoms. The number of thioether (sulfide) groups is 1. The molecule has 2 fully saturated rings. The van der Waals surface area contributed by atoms with Crippen LogP contribution in [0.3, 0.4) is 0 Å². The number of hydrogen-bond acceptors (Lipinski definition) is 4. The first kappa shape index (κ1) is 16.7. The second-order valence-corrected chi connectivity index (χ2v) is 7.35. The van der Waals surface area contributed by atoms with E-state index in [0.717, 1.165) is 51.4 Å². The van der Waals surface area contributed by atoms with Crippen LogP contribution in [-0.4, -0.2) is 73.5 Å². The highest BCUT2D eigenvalue weighted by Crippen LogP contribution is 2.21. The minimum Gasteiger partial charge on any atom is -0.372 e. The Morgan fingerprint density at radius 2 is 1.65 bits per heavy atom. The van der Waals surface area contributed by atoms with Crippen molar-refractivity contribution in [3.8, 4) is 0 Å². The molecule has 0 aromatic heterocycles. The van der Waals surface area contributed by atoms with E-state index in [0.29, 0.717) is 0 Å². The van der Waals surface area contributed by atoms with Crippen molar-refractivity contribution in [2.45, 2.75) is 12.8 Å².